The number of amides is 2. The molecule has 0 aromatic heterocycles. The van der Waals surface area contributed by atoms with Crippen LogP contribution in [0.3, 0.4) is 0 Å². The number of anilines is 1. The van der Waals surface area contributed by atoms with Crippen molar-refractivity contribution in [1.29, 1.82) is 0 Å². The highest BCUT2D eigenvalue weighted by Gasteiger charge is 2.16. The van der Waals surface area contributed by atoms with Crippen LogP contribution in [0.5, 0.6) is 5.75 Å². The molecule has 1 aromatic rings. The molecule has 1 aliphatic rings. The summed E-state index contributed by atoms with van der Waals surface area (Å²) >= 11 is 1.34. The fraction of sp³-hybridized carbons (Fsp3) is 0.500. The lowest BCUT2D eigenvalue weighted by molar-refractivity contribution is -0.128. The second-order valence-electron chi connectivity index (χ2n) is 5.10. The number of carbonyl (C=O) groups is 2. The van der Waals surface area contributed by atoms with Gasteiger partial charge >= 0.3 is 0 Å². The zero-order valence-corrected chi connectivity index (χ0v) is 14.2. The monoisotopic (exact) mass is 337 g/mol. The Morgan fingerprint density at radius 3 is 2.74 bits per heavy atom. The molecule has 126 valence electrons. The van der Waals surface area contributed by atoms with Crippen molar-refractivity contribution in [1.82, 2.24) is 10.2 Å². The van der Waals surface area contributed by atoms with E-state index in [4.69, 9.17) is 4.74 Å². The summed E-state index contributed by atoms with van der Waals surface area (Å²) in [6.45, 7) is 5.61. The van der Waals surface area contributed by atoms with E-state index in [2.05, 4.69) is 10.6 Å². The molecule has 0 radical (unpaired) electrons. The molecule has 1 heterocycles. The van der Waals surface area contributed by atoms with Crippen LogP contribution in [0.4, 0.5) is 5.69 Å². The first-order chi connectivity index (χ1) is 11.2. The van der Waals surface area contributed by atoms with Crippen LogP contribution in [0.1, 0.15) is 6.92 Å². The summed E-state index contributed by atoms with van der Waals surface area (Å²) < 4.78 is 5.47. The molecule has 0 saturated carbocycles. The molecule has 0 spiro atoms. The van der Waals surface area contributed by atoms with Gasteiger partial charge in [0.25, 0.3) is 0 Å². The Balaban J connectivity index is 1.73. The zero-order chi connectivity index (χ0) is 16.5. The lowest BCUT2D eigenvalue weighted by Gasteiger charge is -2.27. The van der Waals surface area contributed by atoms with Crippen LogP contribution in [0.25, 0.3) is 0 Å². The van der Waals surface area contributed by atoms with Crippen LogP contribution in [-0.4, -0.2) is 61.0 Å². The fourth-order valence-corrected chi connectivity index (χ4v) is 2.99. The number of para-hydroxylation sites is 2. The molecule has 1 aromatic carbocycles. The third kappa shape index (κ3) is 5.76. The minimum absolute atomic E-state index is 0.0963. The molecular formula is C16H23N3O3S. The summed E-state index contributed by atoms with van der Waals surface area (Å²) in [5.74, 6) is 1.21. The van der Waals surface area contributed by atoms with Gasteiger partial charge in [0.15, 0.2) is 0 Å². The van der Waals surface area contributed by atoms with Crippen LogP contribution in [-0.2, 0) is 9.59 Å². The third-order valence-corrected chi connectivity index (χ3v) is 4.31. The topological polar surface area (TPSA) is 70.7 Å². The lowest BCUT2D eigenvalue weighted by atomic mass is 10.3. The fourth-order valence-electron chi connectivity index (χ4n) is 2.27. The first kappa shape index (κ1) is 17.6. The summed E-state index contributed by atoms with van der Waals surface area (Å²) in [6, 6.07) is 7.33. The van der Waals surface area contributed by atoms with E-state index < -0.39 is 0 Å². The number of nitrogens with one attached hydrogen (secondary N) is 2. The van der Waals surface area contributed by atoms with Crippen LogP contribution >= 0.6 is 11.8 Å². The van der Waals surface area contributed by atoms with Crippen LogP contribution in [0.2, 0.25) is 0 Å². The van der Waals surface area contributed by atoms with Gasteiger partial charge in [-0.25, -0.2) is 0 Å². The van der Waals surface area contributed by atoms with E-state index in [1.165, 1.54) is 11.8 Å². The van der Waals surface area contributed by atoms with Gasteiger partial charge in [-0.15, -0.1) is 11.8 Å². The van der Waals surface area contributed by atoms with Crippen molar-refractivity contribution in [3.8, 4) is 5.75 Å². The molecule has 23 heavy (non-hydrogen) atoms. The number of hydrogen-bond acceptors (Lipinski definition) is 5. The van der Waals surface area contributed by atoms with E-state index in [0.717, 1.165) is 26.2 Å². The molecule has 0 aliphatic carbocycles. The van der Waals surface area contributed by atoms with Crippen molar-refractivity contribution in [2.75, 3.05) is 49.6 Å². The molecule has 0 atom stereocenters. The van der Waals surface area contributed by atoms with Gasteiger partial charge in [-0.1, -0.05) is 12.1 Å². The summed E-state index contributed by atoms with van der Waals surface area (Å²) in [6.07, 6.45) is 0. The molecule has 2 N–H and O–H groups in total. The van der Waals surface area contributed by atoms with Crippen molar-refractivity contribution in [2.45, 2.75) is 6.92 Å². The molecule has 2 rings (SSSR count). The highest BCUT2D eigenvalue weighted by molar-refractivity contribution is 8.00. The van der Waals surface area contributed by atoms with E-state index in [1.54, 1.807) is 6.07 Å². The number of ether oxygens (including phenoxy) is 1. The highest BCUT2D eigenvalue weighted by atomic mass is 32.2. The van der Waals surface area contributed by atoms with Gasteiger partial charge in [-0.3, -0.25) is 9.59 Å². The molecule has 1 saturated heterocycles. The highest BCUT2D eigenvalue weighted by Crippen LogP contribution is 2.23. The second-order valence-corrected chi connectivity index (χ2v) is 6.09. The third-order valence-electron chi connectivity index (χ3n) is 3.39. The van der Waals surface area contributed by atoms with Crippen molar-refractivity contribution in [3.63, 3.8) is 0 Å². The molecule has 6 nitrogen and oxygen atoms in total. The van der Waals surface area contributed by atoms with Crippen molar-refractivity contribution in [3.05, 3.63) is 24.3 Å². The Bertz CT molecular complexity index is 533. The van der Waals surface area contributed by atoms with Crippen LogP contribution < -0.4 is 15.4 Å². The van der Waals surface area contributed by atoms with Gasteiger partial charge in [-0.2, -0.15) is 0 Å². The predicted molar refractivity (Wildman–Crippen MR) is 93.0 cm³/mol. The molecule has 1 fully saturated rings. The predicted octanol–water partition coefficient (Wildman–Crippen LogP) is 1.19. The Labute approximate surface area is 140 Å². The summed E-state index contributed by atoms with van der Waals surface area (Å²) in [7, 11) is 0. The quantitative estimate of drug-likeness (QED) is 0.782. The molecule has 0 unspecified atom stereocenters. The molecule has 2 amide bonds. The van der Waals surface area contributed by atoms with Gasteiger partial charge in [0.1, 0.15) is 5.75 Å². The standard InChI is InChI=1S/C16H23N3O3S/c1-2-22-14-6-4-3-5-13(14)18-15(20)11-23-12-16(21)19-9-7-17-8-10-19/h3-6,17H,2,7-12H2,1H3,(H,18,20). The Hall–Kier alpha value is -1.73. The normalized spacial score (nSPS) is 14.4. The van der Waals surface area contributed by atoms with E-state index in [-0.39, 0.29) is 17.6 Å². The van der Waals surface area contributed by atoms with Gasteiger partial charge in [-0.05, 0) is 19.1 Å². The number of nitrogens with zero attached hydrogens (tertiary/aromatic N) is 1. The first-order valence-electron chi connectivity index (χ1n) is 7.78. The smallest absolute Gasteiger partial charge is 0.234 e. The SMILES string of the molecule is CCOc1ccccc1NC(=O)CSCC(=O)N1CCNCC1. The minimum Gasteiger partial charge on any atom is -0.492 e. The average Bonchev–Trinajstić information content (AvgIpc) is 2.57. The van der Waals surface area contributed by atoms with E-state index in [0.29, 0.717) is 23.8 Å². The van der Waals surface area contributed by atoms with E-state index in [9.17, 15) is 9.59 Å². The first-order valence-corrected chi connectivity index (χ1v) is 8.94. The number of benzene rings is 1. The minimum atomic E-state index is -0.129. The molecule has 7 heteroatoms. The van der Waals surface area contributed by atoms with Crippen LogP contribution in [0.15, 0.2) is 24.3 Å². The van der Waals surface area contributed by atoms with Gasteiger partial charge in [0.05, 0.1) is 23.8 Å². The van der Waals surface area contributed by atoms with Gasteiger partial charge in [0.2, 0.25) is 11.8 Å². The lowest BCUT2D eigenvalue weighted by Crippen LogP contribution is -2.47. The summed E-state index contributed by atoms with van der Waals surface area (Å²) in [4.78, 5) is 25.8. The Kier molecular flexibility index (Phi) is 7.22. The van der Waals surface area contributed by atoms with Crippen molar-refractivity contribution in [2.24, 2.45) is 0 Å². The zero-order valence-electron chi connectivity index (χ0n) is 13.3. The number of piperazine rings is 1. The molecule has 0 bridgehead atoms. The second kappa shape index (κ2) is 9.42. The van der Waals surface area contributed by atoms with Crippen molar-refractivity contribution >= 4 is 29.3 Å². The van der Waals surface area contributed by atoms with Gasteiger partial charge < -0.3 is 20.3 Å². The largest absolute Gasteiger partial charge is 0.492 e. The average molecular weight is 337 g/mol. The molecule has 1 aliphatic heterocycles. The number of carbonyl (C=O) groups excluding carboxylic acids is 2. The Morgan fingerprint density at radius 2 is 2.00 bits per heavy atom. The van der Waals surface area contributed by atoms with E-state index in [1.807, 2.05) is 30.0 Å². The summed E-state index contributed by atoms with van der Waals surface area (Å²) in [5.41, 5.74) is 0.661. The molecular weight excluding hydrogens is 314 g/mol. The number of rotatable bonds is 7. The maximum Gasteiger partial charge on any atom is 0.234 e. The number of hydrogen-bond donors (Lipinski definition) is 2. The number of thioether (sulfide) groups is 1. The van der Waals surface area contributed by atoms with Crippen LogP contribution in [0, 0.1) is 0 Å². The maximum atomic E-state index is 12.0. The summed E-state index contributed by atoms with van der Waals surface area (Å²) in [5, 5.41) is 6.04. The maximum absolute atomic E-state index is 12.0. The van der Waals surface area contributed by atoms with E-state index >= 15 is 0 Å². The van der Waals surface area contributed by atoms with Crippen molar-refractivity contribution < 1.29 is 14.3 Å². The van der Waals surface area contributed by atoms with Gasteiger partial charge in [0, 0.05) is 26.2 Å². The Morgan fingerprint density at radius 1 is 1.26 bits per heavy atom.